The van der Waals surface area contributed by atoms with Gasteiger partial charge in [-0.3, -0.25) is 0 Å². The van der Waals surface area contributed by atoms with Crippen molar-refractivity contribution in [2.24, 2.45) is 4.40 Å². The lowest BCUT2D eigenvalue weighted by molar-refractivity contribution is 0.476. The number of benzene rings is 2. The normalized spacial score (nSPS) is 13.2. The van der Waals surface area contributed by atoms with Crippen LogP contribution in [0.2, 0.25) is 5.02 Å². The number of nitrogens with one attached hydrogen (secondary N) is 2. The number of nitrogens with zero attached hydrogens (tertiary/aromatic N) is 1. The van der Waals surface area contributed by atoms with E-state index in [1.807, 2.05) is 24.3 Å². The van der Waals surface area contributed by atoms with E-state index in [4.69, 9.17) is 11.6 Å². The van der Waals surface area contributed by atoms with E-state index in [-0.39, 0.29) is 5.75 Å². The Balaban J connectivity index is 1.83. The molecule has 3 rings (SSSR count). The van der Waals surface area contributed by atoms with Crippen LogP contribution in [0.4, 0.5) is 11.4 Å². The number of hydrogen-bond donors (Lipinski definition) is 3. The van der Waals surface area contributed by atoms with Gasteiger partial charge in [-0.05, 0) is 24.3 Å². The zero-order valence-corrected chi connectivity index (χ0v) is 13.2. The smallest absolute Gasteiger partial charge is 0.212 e. The topological polar surface area (TPSA) is 56.6 Å². The van der Waals surface area contributed by atoms with E-state index in [0.717, 1.165) is 15.1 Å². The first-order valence-corrected chi connectivity index (χ1v) is 7.63. The summed E-state index contributed by atoms with van der Waals surface area (Å²) in [7, 11) is 0. The lowest BCUT2D eigenvalue weighted by atomic mass is 10.3. The molecular weight excluding hydrogens is 362 g/mol. The Morgan fingerprint density at radius 3 is 2.95 bits per heavy atom. The minimum absolute atomic E-state index is 0.100. The molecule has 0 spiro atoms. The third kappa shape index (κ3) is 2.87. The molecule has 7 heteroatoms. The fourth-order valence-corrected chi connectivity index (χ4v) is 3.14. The first kappa shape index (κ1) is 13.6. The number of phenols is 1. The molecule has 2 aromatic carbocycles. The molecule has 0 atom stereocenters. The molecule has 1 aliphatic rings. The van der Waals surface area contributed by atoms with Gasteiger partial charge in [-0.25, -0.2) is 0 Å². The van der Waals surface area contributed by atoms with Crippen LogP contribution in [0.3, 0.4) is 0 Å². The van der Waals surface area contributed by atoms with Crippen LogP contribution in [0.15, 0.2) is 50.2 Å². The molecule has 0 bridgehead atoms. The highest BCUT2D eigenvalue weighted by Crippen LogP contribution is 2.40. The molecule has 2 aromatic rings. The number of halogens is 2. The molecule has 4 nitrogen and oxygen atoms in total. The predicted octanol–water partition coefficient (Wildman–Crippen LogP) is 4.71. The Hall–Kier alpha value is -1.37. The van der Waals surface area contributed by atoms with Crippen molar-refractivity contribution in [3.8, 4) is 5.75 Å². The van der Waals surface area contributed by atoms with Crippen LogP contribution in [0.25, 0.3) is 0 Å². The number of aromatic hydroxyl groups is 1. The predicted molar refractivity (Wildman–Crippen MR) is 87.8 cm³/mol. The molecule has 0 amide bonds. The first-order chi connectivity index (χ1) is 9.61. The minimum Gasteiger partial charge on any atom is -0.506 e. The van der Waals surface area contributed by atoms with Gasteiger partial charge in [0.2, 0.25) is 5.96 Å². The van der Waals surface area contributed by atoms with Crippen LogP contribution >= 0.6 is 39.5 Å². The summed E-state index contributed by atoms with van der Waals surface area (Å²) in [5.74, 6) is 0.654. The maximum absolute atomic E-state index is 9.91. The molecule has 3 N–H and O–H groups in total. The second kappa shape index (κ2) is 5.55. The average Bonchev–Trinajstić information content (AvgIpc) is 2.39. The van der Waals surface area contributed by atoms with Gasteiger partial charge in [0.05, 0.1) is 10.6 Å². The summed E-state index contributed by atoms with van der Waals surface area (Å²) in [6.07, 6.45) is 0. The van der Waals surface area contributed by atoms with Crippen LogP contribution in [-0.4, -0.2) is 11.1 Å². The van der Waals surface area contributed by atoms with Crippen molar-refractivity contribution in [1.29, 1.82) is 0 Å². The number of anilines is 2. The van der Waals surface area contributed by atoms with Crippen molar-refractivity contribution in [1.82, 2.24) is 0 Å². The largest absolute Gasteiger partial charge is 0.506 e. The van der Waals surface area contributed by atoms with Gasteiger partial charge >= 0.3 is 0 Å². The third-order valence-electron chi connectivity index (χ3n) is 2.61. The van der Waals surface area contributed by atoms with Gasteiger partial charge in [-0.15, -0.1) is 0 Å². The van der Waals surface area contributed by atoms with E-state index in [1.165, 1.54) is 18.0 Å². The van der Waals surface area contributed by atoms with Gasteiger partial charge in [0.25, 0.3) is 0 Å². The van der Waals surface area contributed by atoms with Gasteiger partial charge in [-0.1, -0.05) is 33.6 Å². The van der Waals surface area contributed by atoms with Crippen molar-refractivity contribution in [2.75, 3.05) is 10.6 Å². The monoisotopic (exact) mass is 369 g/mol. The van der Waals surface area contributed by atoms with Gasteiger partial charge in [0.1, 0.15) is 5.75 Å². The third-order valence-corrected chi connectivity index (χ3v) is 4.12. The molecule has 0 radical (unpaired) electrons. The average molecular weight is 371 g/mol. The first-order valence-electron chi connectivity index (χ1n) is 5.69. The molecule has 20 heavy (non-hydrogen) atoms. The second-order valence-electron chi connectivity index (χ2n) is 4.09. The molecule has 102 valence electrons. The zero-order chi connectivity index (χ0) is 14.1. The molecule has 0 saturated carbocycles. The molecular formula is C13H9BrClN3OS. The van der Waals surface area contributed by atoms with E-state index >= 15 is 0 Å². The summed E-state index contributed by atoms with van der Waals surface area (Å²) in [6, 6.07) is 11.0. The summed E-state index contributed by atoms with van der Waals surface area (Å²) >= 11 is 10.6. The second-order valence-corrected chi connectivity index (χ2v) is 6.25. The Morgan fingerprint density at radius 1 is 1.30 bits per heavy atom. The minimum atomic E-state index is 0.100. The number of rotatable bonds is 1. The molecule has 1 aliphatic heterocycles. The van der Waals surface area contributed by atoms with Crippen LogP contribution in [0.1, 0.15) is 0 Å². The van der Waals surface area contributed by atoms with Gasteiger partial charge in [-0.2, -0.15) is 4.40 Å². The Labute approximate surface area is 133 Å². The summed E-state index contributed by atoms with van der Waals surface area (Å²) in [4.78, 5) is 0.787. The summed E-state index contributed by atoms with van der Waals surface area (Å²) in [5.41, 5.74) is 1.50. The van der Waals surface area contributed by atoms with E-state index in [0.29, 0.717) is 16.7 Å². The number of phenolic OH excluding ortho intramolecular Hbond substituents is 1. The Morgan fingerprint density at radius 2 is 2.15 bits per heavy atom. The van der Waals surface area contributed by atoms with Crippen molar-refractivity contribution < 1.29 is 5.11 Å². The van der Waals surface area contributed by atoms with E-state index in [1.54, 1.807) is 6.07 Å². The van der Waals surface area contributed by atoms with Gasteiger partial charge in [0.15, 0.2) is 0 Å². The van der Waals surface area contributed by atoms with Crippen LogP contribution < -0.4 is 10.6 Å². The molecule has 1 heterocycles. The molecule has 0 aliphatic carbocycles. The van der Waals surface area contributed by atoms with Crippen molar-refractivity contribution in [3.05, 3.63) is 45.9 Å². The SMILES string of the molecule is Oc1cc(Cl)cc2c1NC(Nc1cccc(Br)c1)=NS2. The van der Waals surface area contributed by atoms with Crippen molar-refractivity contribution in [3.63, 3.8) is 0 Å². The molecule has 0 unspecified atom stereocenters. The van der Waals surface area contributed by atoms with Crippen molar-refractivity contribution >= 4 is 56.8 Å². The van der Waals surface area contributed by atoms with Crippen LogP contribution in [0, 0.1) is 0 Å². The quantitative estimate of drug-likeness (QED) is 0.503. The lowest BCUT2D eigenvalue weighted by Gasteiger charge is -2.19. The molecule has 0 saturated heterocycles. The highest BCUT2D eigenvalue weighted by atomic mass is 79.9. The van der Waals surface area contributed by atoms with Crippen LogP contribution in [0.5, 0.6) is 5.75 Å². The molecule has 0 aromatic heterocycles. The fraction of sp³-hybridized carbons (Fsp3) is 0. The van der Waals surface area contributed by atoms with Crippen LogP contribution in [-0.2, 0) is 0 Å². The van der Waals surface area contributed by atoms with Gasteiger partial charge in [0, 0.05) is 33.2 Å². The Bertz CT molecular complexity index is 708. The standard InChI is InChI=1S/C13H9BrClN3OS/c14-7-2-1-3-9(4-7)16-13-17-12-10(19)5-8(15)6-11(12)20-18-13/h1-6,19H,(H2,16,17,18). The molecule has 0 fully saturated rings. The highest BCUT2D eigenvalue weighted by Gasteiger charge is 2.17. The number of hydrogen-bond acceptors (Lipinski definition) is 5. The summed E-state index contributed by atoms with van der Waals surface area (Å²) in [5, 5.41) is 16.6. The van der Waals surface area contributed by atoms with Crippen molar-refractivity contribution in [2.45, 2.75) is 4.90 Å². The Kier molecular flexibility index (Phi) is 3.78. The highest BCUT2D eigenvalue weighted by molar-refractivity contribution is 9.10. The fourth-order valence-electron chi connectivity index (χ4n) is 1.76. The number of guanidine groups is 1. The lowest BCUT2D eigenvalue weighted by Crippen LogP contribution is -2.23. The maximum atomic E-state index is 9.91. The maximum Gasteiger partial charge on any atom is 0.212 e. The van der Waals surface area contributed by atoms with E-state index in [9.17, 15) is 5.11 Å². The zero-order valence-electron chi connectivity index (χ0n) is 10.0. The summed E-state index contributed by atoms with van der Waals surface area (Å²) < 4.78 is 5.28. The number of fused-ring (bicyclic) bond motifs is 1. The summed E-state index contributed by atoms with van der Waals surface area (Å²) in [6.45, 7) is 0. The van der Waals surface area contributed by atoms with Gasteiger partial charge < -0.3 is 15.7 Å². The van der Waals surface area contributed by atoms with E-state index in [2.05, 4.69) is 31.0 Å². The van der Waals surface area contributed by atoms with E-state index < -0.39 is 0 Å².